The topological polar surface area (TPSA) is 81.9 Å². The van der Waals surface area contributed by atoms with E-state index in [1.807, 2.05) is 5.48 Å². The van der Waals surface area contributed by atoms with Gasteiger partial charge in [0.1, 0.15) is 5.69 Å². The van der Waals surface area contributed by atoms with Crippen LogP contribution in [0.15, 0.2) is 41.2 Å². The van der Waals surface area contributed by atoms with Crippen molar-refractivity contribution in [2.45, 2.75) is 0 Å². The SMILES string of the molecule is C=CN=C(N=C)Nc1ccncc1NO. The van der Waals surface area contributed by atoms with Gasteiger partial charge in [-0.1, -0.05) is 6.58 Å². The molecule has 0 saturated heterocycles. The molecular weight excluding hydrogens is 194 g/mol. The summed E-state index contributed by atoms with van der Waals surface area (Å²) in [4.78, 5) is 11.3. The average molecular weight is 205 g/mol. The van der Waals surface area contributed by atoms with E-state index < -0.39 is 0 Å². The molecule has 0 unspecified atom stereocenters. The average Bonchev–Trinajstić information content (AvgIpc) is 2.29. The molecule has 6 nitrogen and oxygen atoms in total. The largest absolute Gasteiger partial charge is 0.322 e. The Balaban J connectivity index is 2.92. The number of hydrogen-bond donors (Lipinski definition) is 3. The molecule has 1 aromatic heterocycles. The molecule has 1 heterocycles. The van der Waals surface area contributed by atoms with E-state index in [9.17, 15) is 0 Å². The van der Waals surface area contributed by atoms with Crippen molar-refractivity contribution in [3.8, 4) is 0 Å². The molecule has 0 spiro atoms. The Bertz CT molecular complexity index is 388. The number of rotatable bonds is 3. The van der Waals surface area contributed by atoms with Crippen molar-refractivity contribution in [3.63, 3.8) is 0 Å². The fourth-order valence-corrected chi connectivity index (χ4v) is 0.912. The number of aromatic nitrogens is 1. The lowest BCUT2D eigenvalue weighted by molar-refractivity contribution is 0.389. The van der Waals surface area contributed by atoms with Gasteiger partial charge in [-0.25, -0.2) is 9.98 Å². The van der Waals surface area contributed by atoms with Crippen molar-refractivity contribution in [1.29, 1.82) is 0 Å². The Hall–Kier alpha value is -2.21. The first-order valence-corrected chi connectivity index (χ1v) is 4.08. The Morgan fingerprint density at radius 3 is 2.93 bits per heavy atom. The van der Waals surface area contributed by atoms with E-state index in [4.69, 9.17) is 5.21 Å². The summed E-state index contributed by atoms with van der Waals surface area (Å²) in [6.07, 6.45) is 4.36. The first kappa shape index (κ1) is 10.9. The summed E-state index contributed by atoms with van der Waals surface area (Å²) in [6.45, 7) is 6.78. The standard InChI is InChI=1S/C9H11N5O/c1-3-12-9(10-2)13-7-4-5-11-6-8(7)14-15/h3-6,14-15H,1-2H2,(H,11,12,13). The molecule has 0 aromatic carbocycles. The van der Waals surface area contributed by atoms with Gasteiger partial charge >= 0.3 is 0 Å². The minimum absolute atomic E-state index is 0.285. The quantitative estimate of drug-likeness (QED) is 0.396. The normalized spacial score (nSPS) is 10.6. The lowest BCUT2D eigenvalue weighted by atomic mass is 10.3. The Kier molecular flexibility index (Phi) is 3.99. The van der Waals surface area contributed by atoms with Crippen LogP contribution in [0.1, 0.15) is 0 Å². The summed E-state index contributed by atoms with van der Waals surface area (Å²) >= 11 is 0. The molecule has 0 atom stereocenters. The molecule has 0 saturated carbocycles. The number of aliphatic imine (C=N–C) groups is 2. The van der Waals surface area contributed by atoms with Gasteiger partial charge in [0, 0.05) is 12.4 Å². The van der Waals surface area contributed by atoms with E-state index in [2.05, 4.69) is 33.6 Å². The van der Waals surface area contributed by atoms with Crippen LogP contribution >= 0.6 is 0 Å². The van der Waals surface area contributed by atoms with Crippen LogP contribution in [0.5, 0.6) is 0 Å². The Labute approximate surface area is 87.1 Å². The Morgan fingerprint density at radius 2 is 2.33 bits per heavy atom. The highest BCUT2D eigenvalue weighted by molar-refractivity contribution is 5.98. The summed E-state index contributed by atoms with van der Waals surface area (Å²) in [7, 11) is 0. The summed E-state index contributed by atoms with van der Waals surface area (Å²) in [5.41, 5.74) is 3.00. The molecule has 0 bridgehead atoms. The molecule has 15 heavy (non-hydrogen) atoms. The van der Waals surface area contributed by atoms with Gasteiger partial charge in [0.25, 0.3) is 0 Å². The number of hydrogen-bond acceptors (Lipinski definition) is 4. The van der Waals surface area contributed by atoms with Crippen LogP contribution in [0.25, 0.3) is 0 Å². The number of guanidine groups is 1. The van der Waals surface area contributed by atoms with Crippen molar-refractivity contribution in [3.05, 3.63) is 31.2 Å². The summed E-state index contributed by atoms with van der Waals surface area (Å²) in [6, 6.07) is 1.66. The molecule has 78 valence electrons. The number of nitrogens with one attached hydrogen (secondary N) is 2. The van der Waals surface area contributed by atoms with Gasteiger partial charge in [-0.15, -0.1) is 0 Å². The lowest BCUT2D eigenvalue weighted by Gasteiger charge is -2.08. The predicted octanol–water partition coefficient (Wildman–Crippen LogP) is 1.49. The predicted molar refractivity (Wildman–Crippen MR) is 60.4 cm³/mol. The molecule has 0 amide bonds. The monoisotopic (exact) mass is 205 g/mol. The van der Waals surface area contributed by atoms with Gasteiger partial charge in [0.05, 0.1) is 11.9 Å². The maximum absolute atomic E-state index is 8.80. The number of anilines is 2. The van der Waals surface area contributed by atoms with Gasteiger partial charge < -0.3 is 5.32 Å². The number of nitrogens with zero attached hydrogens (tertiary/aromatic N) is 3. The zero-order chi connectivity index (χ0) is 11.1. The fourth-order valence-electron chi connectivity index (χ4n) is 0.912. The van der Waals surface area contributed by atoms with Crippen LogP contribution in [0.2, 0.25) is 0 Å². The summed E-state index contributed by atoms with van der Waals surface area (Å²) in [5.74, 6) is 0.285. The van der Waals surface area contributed by atoms with Crippen LogP contribution in [0.3, 0.4) is 0 Å². The van der Waals surface area contributed by atoms with Gasteiger partial charge in [0.15, 0.2) is 0 Å². The van der Waals surface area contributed by atoms with E-state index in [1.165, 1.54) is 12.4 Å². The summed E-state index contributed by atoms with van der Waals surface area (Å²) < 4.78 is 0. The second kappa shape index (κ2) is 5.51. The van der Waals surface area contributed by atoms with Crippen LogP contribution in [-0.4, -0.2) is 22.9 Å². The van der Waals surface area contributed by atoms with Gasteiger partial charge in [-0.2, -0.15) is 0 Å². The van der Waals surface area contributed by atoms with E-state index >= 15 is 0 Å². The minimum atomic E-state index is 0.285. The first-order valence-electron chi connectivity index (χ1n) is 4.08. The highest BCUT2D eigenvalue weighted by Crippen LogP contribution is 2.18. The van der Waals surface area contributed by atoms with Crippen molar-refractivity contribution in [2.24, 2.45) is 9.98 Å². The van der Waals surface area contributed by atoms with Crippen molar-refractivity contribution in [2.75, 3.05) is 10.8 Å². The molecule has 0 aliphatic rings. The molecule has 1 rings (SSSR count). The van der Waals surface area contributed by atoms with Crippen molar-refractivity contribution in [1.82, 2.24) is 4.98 Å². The van der Waals surface area contributed by atoms with Crippen LogP contribution < -0.4 is 10.8 Å². The van der Waals surface area contributed by atoms with E-state index in [1.54, 1.807) is 12.3 Å². The maximum atomic E-state index is 8.80. The third-order valence-electron chi connectivity index (χ3n) is 1.55. The lowest BCUT2D eigenvalue weighted by Crippen LogP contribution is -2.10. The molecule has 0 aliphatic heterocycles. The van der Waals surface area contributed by atoms with E-state index in [-0.39, 0.29) is 5.96 Å². The van der Waals surface area contributed by atoms with Gasteiger partial charge in [-0.05, 0) is 12.8 Å². The second-order valence-electron chi connectivity index (χ2n) is 2.45. The molecule has 0 radical (unpaired) electrons. The summed E-state index contributed by atoms with van der Waals surface area (Å²) in [5, 5.41) is 11.6. The molecule has 1 aromatic rings. The molecule has 3 N–H and O–H groups in total. The number of pyridine rings is 1. The molecular formula is C9H11N5O. The van der Waals surface area contributed by atoms with Crippen molar-refractivity contribution < 1.29 is 5.21 Å². The first-order chi connectivity index (χ1) is 7.31. The van der Waals surface area contributed by atoms with Gasteiger partial charge in [0.2, 0.25) is 5.96 Å². The van der Waals surface area contributed by atoms with E-state index in [0.717, 1.165) is 0 Å². The van der Waals surface area contributed by atoms with Gasteiger partial charge in [-0.3, -0.25) is 15.7 Å². The zero-order valence-electron chi connectivity index (χ0n) is 8.01. The third kappa shape index (κ3) is 2.89. The molecule has 0 aliphatic carbocycles. The minimum Gasteiger partial charge on any atom is -0.322 e. The zero-order valence-corrected chi connectivity index (χ0v) is 8.01. The van der Waals surface area contributed by atoms with Crippen molar-refractivity contribution >= 4 is 24.1 Å². The van der Waals surface area contributed by atoms with Crippen LogP contribution in [-0.2, 0) is 0 Å². The Morgan fingerprint density at radius 1 is 1.53 bits per heavy atom. The fraction of sp³-hybridized carbons (Fsp3) is 0. The third-order valence-corrected chi connectivity index (χ3v) is 1.55. The highest BCUT2D eigenvalue weighted by Gasteiger charge is 2.02. The maximum Gasteiger partial charge on any atom is 0.226 e. The molecule has 6 heteroatoms. The van der Waals surface area contributed by atoms with E-state index in [0.29, 0.717) is 11.4 Å². The van der Waals surface area contributed by atoms with Crippen LogP contribution in [0, 0.1) is 0 Å². The van der Waals surface area contributed by atoms with Crippen LogP contribution in [0.4, 0.5) is 11.4 Å². The second-order valence-corrected chi connectivity index (χ2v) is 2.45. The highest BCUT2D eigenvalue weighted by atomic mass is 16.5. The smallest absolute Gasteiger partial charge is 0.226 e. The molecule has 0 fully saturated rings.